The van der Waals surface area contributed by atoms with Crippen LogP contribution in [0, 0.1) is 11.6 Å². The van der Waals surface area contributed by atoms with Crippen LogP contribution in [-0.2, 0) is 16.0 Å². The van der Waals surface area contributed by atoms with Gasteiger partial charge in [0, 0.05) is 12.5 Å². The van der Waals surface area contributed by atoms with Crippen LogP contribution in [0.5, 0.6) is 0 Å². The monoisotopic (exact) mass is 297 g/mol. The SMILES string of the molecule is C[C@@H](C(=O)O)N(C(=O)CCc1cc(F)ccc1F)C1CC1. The third-order valence-electron chi connectivity index (χ3n) is 3.62. The van der Waals surface area contributed by atoms with E-state index in [2.05, 4.69) is 0 Å². The number of benzene rings is 1. The van der Waals surface area contributed by atoms with Crippen molar-refractivity contribution < 1.29 is 23.5 Å². The largest absolute Gasteiger partial charge is 0.480 e. The Morgan fingerprint density at radius 1 is 1.38 bits per heavy atom. The van der Waals surface area contributed by atoms with E-state index in [-0.39, 0.29) is 30.4 Å². The zero-order chi connectivity index (χ0) is 15.6. The van der Waals surface area contributed by atoms with E-state index in [1.165, 1.54) is 11.8 Å². The number of hydrogen-bond donors (Lipinski definition) is 1. The number of aliphatic carboxylic acids is 1. The molecule has 114 valence electrons. The van der Waals surface area contributed by atoms with E-state index < -0.39 is 23.6 Å². The molecule has 1 fully saturated rings. The van der Waals surface area contributed by atoms with Crippen molar-refractivity contribution in [3.8, 4) is 0 Å². The first-order valence-electron chi connectivity index (χ1n) is 6.88. The number of carbonyl (C=O) groups is 2. The first-order valence-corrected chi connectivity index (χ1v) is 6.88. The van der Waals surface area contributed by atoms with Gasteiger partial charge in [-0.05, 0) is 49.9 Å². The summed E-state index contributed by atoms with van der Waals surface area (Å²) in [7, 11) is 0. The average Bonchev–Trinajstić information content (AvgIpc) is 3.24. The maximum Gasteiger partial charge on any atom is 0.326 e. The molecule has 1 aliphatic carbocycles. The lowest BCUT2D eigenvalue weighted by Gasteiger charge is -2.26. The molecule has 21 heavy (non-hydrogen) atoms. The Balaban J connectivity index is 2.02. The quantitative estimate of drug-likeness (QED) is 0.877. The van der Waals surface area contributed by atoms with E-state index in [0.717, 1.165) is 31.0 Å². The lowest BCUT2D eigenvalue weighted by Crippen LogP contribution is -2.44. The molecule has 1 atom stereocenters. The summed E-state index contributed by atoms with van der Waals surface area (Å²) in [5.41, 5.74) is 0.127. The molecule has 1 aromatic carbocycles. The predicted octanol–water partition coefficient (Wildman–Crippen LogP) is 2.36. The molecule has 0 spiro atoms. The number of carbonyl (C=O) groups excluding carboxylic acids is 1. The van der Waals surface area contributed by atoms with Crippen LogP contribution in [0.15, 0.2) is 18.2 Å². The van der Waals surface area contributed by atoms with Crippen molar-refractivity contribution in [1.29, 1.82) is 0 Å². The van der Waals surface area contributed by atoms with Gasteiger partial charge in [0.2, 0.25) is 5.91 Å². The van der Waals surface area contributed by atoms with Crippen LogP contribution in [0.2, 0.25) is 0 Å². The summed E-state index contributed by atoms with van der Waals surface area (Å²) in [5, 5.41) is 9.04. The standard InChI is InChI=1S/C15H17F2NO3/c1-9(15(20)21)18(12-4-5-12)14(19)7-2-10-8-11(16)3-6-13(10)17/h3,6,8-9,12H,2,4-5,7H2,1H3,(H,20,21)/t9-/m0/s1. The van der Waals surface area contributed by atoms with Crippen molar-refractivity contribution >= 4 is 11.9 Å². The lowest BCUT2D eigenvalue weighted by molar-refractivity contribution is -0.150. The van der Waals surface area contributed by atoms with Crippen molar-refractivity contribution in [1.82, 2.24) is 4.90 Å². The number of aryl methyl sites for hydroxylation is 1. The maximum absolute atomic E-state index is 13.5. The maximum atomic E-state index is 13.5. The number of carboxylic acids is 1. The third kappa shape index (κ3) is 3.77. The second-order valence-electron chi connectivity index (χ2n) is 5.28. The van der Waals surface area contributed by atoms with Crippen LogP contribution in [0.1, 0.15) is 31.7 Å². The Bertz CT molecular complexity index is 558. The topological polar surface area (TPSA) is 57.6 Å². The zero-order valence-corrected chi connectivity index (χ0v) is 11.7. The first kappa shape index (κ1) is 15.4. The zero-order valence-electron chi connectivity index (χ0n) is 11.7. The number of amides is 1. The number of nitrogens with zero attached hydrogens (tertiary/aromatic N) is 1. The minimum Gasteiger partial charge on any atom is -0.480 e. The van der Waals surface area contributed by atoms with Crippen LogP contribution in [0.25, 0.3) is 0 Å². The Morgan fingerprint density at radius 3 is 2.62 bits per heavy atom. The molecule has 6 heteroatoms. The van der Waals surface area contributed by atoms with E-state index in [9.17, 15) is 18.4 Å². The van der Waals surface area contributed by atoms with Gasteiger partial charge in [0.25, 0.3) is 0 Å². The molecular formula is C15H17F2NO3. The summed E-state index contributed by atoms with van der Waals surface area (Å²) in [6.07, 6.45) is 1.60. The molecule has 1 amide bonds. The van der Waals surface area contributed by atoms with Crippen molar-refractivity contribution in [3.63, 3.8) is 0 Å². The van der Waals surface area contributed by atoms with Gasteiger partial charge in [0.15, 0.2) is 0 Å². The molecule has 1 aliphatic rings. The summed E-state index contributed by atoms with van der Waals surface area (Å²) in [6.45, 7) is 1.46. The molecule has 0 heterocycles. The molecule has 1 N–H and O–H groups in total. The van der Waals surface area contributed by atoms with Crippen LogP contribution >= 0.6 is 0 Å². The Hall–Kier alpha value is -1.98. The van der Waals surface area contributed by atoms with Gasteiger partial charge in [-0.15, -0.1) is 0 Å². The van der Waals surface area contributed by atoms with Gasteiger partial charge in [-0.3, -0.25) is 4.79 Å². The molecule has 0 aliphatic heterocycles. The highest BCUT2D eigenvalue weighted by Gasteiger charge is 2.37. The Morgan fingerprint density at radius 2 is 2.05 bits per heavy atom. The van der Waals surface area contributed by atoms with E-state index in [1.807, 2.05) is 0 Å². The summed E-state index contributed by atoms with van der Waals surface area (Å²) in [5.74, 6) is -2.52. The van der Waals surface area contributed by atoms with Crippen LogP contribution in [-0.4, -0.2) is 34.0 Å². The molecule has 1 saturated carbocycles. The summed E-state index contributed by atoms with van der Waals surface area (Å²) in [6, 6.07) is 2.16. The molecule has 1 aromatic rings. The summed E-state index contributed by atoms with van der Waals surface area (Å²) >= 11 is 0. The second kappa shape index (κ2) is 6.20. The fourth-order valence-electron chi connectivity index (χ4n) is 2.31. The van der Waals surface area contributed by atoms with Gasteiger partial charge in [-0.25, -0.2) is 13.6 Å². The van der Waals surface area contributed by atoms with Gasteiger partial charge in [-0.1, -0.05) is 0 Å². The van der Waals surface area contributed by atoms with E-state index >= 15 is 0 Å². The third-order valence-corrected chi connectivity index (χ3v) is 3.62. The molecule has 0 radical (unpaired) electrons. The first-order chi connectivity index (χ1) is 9.90. The minimum atomic E-state index is -1.06. The molecular weight excluding hydrogens is 280 g/mol. The number of hydrogen-bond acceptors (Lipinski definition) is 2. The minimum absolute atomic E-state index is 0.0332. The summed E-state index contributed by atoms with van der Waals surface area (Å²) in [4.78, 5) is 24.6. The number of carboxylic acid groups (broad SMARTS) is 1. The van der Waals surface area contributed by atoms with Crippen molar-refractivity contribution in [2.45, 2.75) is 44.7 Å². The van der Waals surface area contributed by atoms with Crippen molar-refractivity contribution in [3.05, 3.63) is 35.4 Å². The van der Waals surface area contributed by atoms with Crippen LogP contribution in [0.4, 0.5) is 8.78 Å². The molecule has 0 aromatic heterocycles. The van der Waals surface area contributed by atoms with Crippen molar-refractivity contribution in [2.75, 3.05) is 0 Å². The van der Waals surface area contributed by atoms with Gasteiger partial charge in [-0.2, -0.15) is 0 Å². The smallest absolute Gasteiger partial charge is 0.326 e. The molecule has 0 unspecified atom stereocenters. The highest BCUT2D eigenvalue weighted by molar-refractivity contribution is 5.84. The van der Waals surface area contributed by atoms with Gasteiger partial charge < -0.3 is 10.0 Å². The fourth-order valence-corrected chi connectivity index (χ4v) is 2.31. The highest BCUT2D eigenvalue weighted by Crippen LogP contribution is 2.29. The van der Waals surface area contributed by atoms with E-state index in [1.54, 1.807) is 0 Å². The highest BCUT2D eigenvalue weighted by atomic mass is 19.1. The van der Waals surface area contributed by atoms with Gasteiger partial charge in [0.05, 0.1) is 0 Å². The molecule has 4 nitrogen and oxygen atoms in total. The van der Waals surface area contributed by atoms with E-state index in [0.29, 0.717) is 0 Å². The normalized spacial score (nSPS) is 15.6. The Kier molecular flexibility index (Phi) is 4.55. The summed E-state index contributed by atoms with van der Waals surface area (Å²) < 4.78 is 26.6. The number of rotatable bonds is 6. The fraction of sp³-hybridized carbons (Fsp3) is 0.467. The second-order valence-corrected chi connectivity index (χ2v) is 5.28. The Labute approximate surface area is 121 Å². The molecule has 0 bridgehead atoms. The predicted molar refractivity (Wildman–Crippen MR) is 71.6 cm³/mol. The average molecular weight is 297 g/mol. The molecule has 2 rings (SSSR count). The molecule has 0 saturated heterocycles. The number of halogens is 2. The van der Waals surface area contributed by atoms with Gasteiger partial charge >= 0.3 is 5.97 Å². The lowest BCUT2D eigenvalue weighted by atomic mass is 10.1. The van der Waals surface area contributed by atoms with Crippen LogP contribution in [0.3, 0.4) is 0 Å². The van der Waals surface area contributed by atoms with E-state index in [4.69, 9.17) is 5.11 Å². The van der Waals surface area contributed by atoms with Crippen LogP contribution < -0.4 is 0 Å². The van der Waals surface area contributed by atoms with Gasteiger partial charge in [0.1, 0.15) is 17.7 Å². The van der Waals surface area contributed by atoms with Crippen molar-refractivity contribution in [2.24, 2.45) is 0 Å².